The number of hydrogen-bond acceptors (Lipinski definition) is 4. The predicted octanol–water partition coefficient (Wildman–Crippen LogP) is -1.18. The second-order valence-corrected chi connectivity index (χ2v) is 3.39. The van der Waals surface area contributed by atoms with Gasteiger partial charge in [0.15, 0.2) is 0 Å². The summed E-state index contributed by atoms with van der Waals surface area (Å²) in [6.07, 6.45) is 1.36. The van der Waals surface area contributed by atoms with Gasteiger partial charge in [0.2, 0.25) is 0 Å². The van der Waals surface area contributed by atoms with Gasteiger partial charge in [0.1, 0.15) is 11.7 Å². The normalized spacial score (nSPS) is 11.6. The molecule has 18 heavy (non-hydrogen) atoms. The van der Waals surface area contributed by atoms with Crippen LogP contribution in [0, 0.1) is 0 Å². The molecule has 0 aliphatic rings. The molecule has 0 aliphatic heterocycles. The minimum Gasteiger partial charge on any atom is -0.480 e. The summed E-state index contributed by atoms with van der Waals surface area (Å²) in [5.74, 6) is -2.09. The summed E-state index contributed by atoms with van der Waals surface area (Å²) in [7, 11) is 0. The second-order valence-electron chi connectivity index (χ2n) is 3.39. The van der Waals surface area contributed by atoms with E-state index in [1.54, 1.807) is 0 Å². The van der Waals surface area contributed by atoms with Gasteiger partial charge in [-0.1, -0.05) is 6.08 Å². The predicted molar refractivity (Wildman–Crippen MR) is 61.4 cm³/mol. The highest BCUT2D eigenvalue weighted by atomic mass is 16.4. The van der Waals surface area contributed by atoms with Gasteiger partial charge >= 0.3 is 11.7 Å². The average Bonchev–Trinajstić information content (AvgIpc) is 2.26. The Hall–Kier alpha value is -2.64. The Balaban J connectivity index is 2.93. The van der Waals surface area contributed by atoms with Crippen LogP contribution in [-0.4, -0.2) is 33.0 Å². The molecule has 1 rings (SSSR count). The molecule has 1 unspecified atom stereocenters. The third kappa shape index (κ3) is 3.44. The van der Waals surface area contributed by atoms with Crippen molar-refractivity contribution in [2.45, 2.75) is 12.5 Å². The van der Waals surface area contributed by atoms with Crippen LogP contribution >= 0.6 is 0 Å². The summed E-state index contributed by atoms with van der Waals surface area (Å²) in [6.45, 7) is 3.36. The van der Waals surface area contributed by atoms with E-state index in [0.29, 0.717) is 0 Å². The van der Waals surface area contributed by atoms with Gasteiger partial charge in [-0.25, -0.2) is 9.59 Å². The zero-order chi connectivity index (χ0) is 13.7. The monoisotopic (exact) mass is 253 g/mol. The number of rotatable bonds is 5. The molecular weight excluding hydrogens is 242 g/mol. The number of H-pyrrole nitrogens is 2. The van der Waals surface area contributed by atoms with E-state index in [0.717, 1.165) is 6.07 Å². The Labute approximate surface area is 100 Å². The molecule has 1 amide bonds. The number of aromatic nitrogens is 2. The first-order chi connectivity index (χ1) is 8.43. The van der Waals surface area contributed by atoms with Crippen molar-refractivity contribution in [3.63, 3.8) is 0 Å². The molecule has 1 aromatic rings. The van der Waals surface area contributed by atoms with E-state index in [1.807, 2.05) is 4.98 Å². The van der Waals surface area contributed by atoms with E-state index >= 15 is 0 Å². The minimum atomic E-state index is -1.24. The number of carboxylic acid groups (broad SMARTS) is 1. The van der Waals surface area contributed by atoms with E-state index in [1.165, 1.54) is 6.08 Å². The number of nitrogens with one attached hydrogen (secondary N) is 3. The van der Waals surface area contributed by atoms with Crippen molar-refractivity contribution in [2.75, 3.05) is 0 Å². The third-order valence-corrected chi connectivity index (χ3v) is 2.01. The Morgan fingerprint density at radius 3 is 2.61 bits per heavy atom. The Bertz CT molecular complexity index is 557. The van der Waals surface area contributed by atoms with Crippen molar-refractivity contribution in [1.29, 1.82) is 0 Å². The van der Waals surface area contributed by atoms with Gasteiger partial charge in [-0.05, 0) is 6.42 Å². The van der Waals surface area contributed by atoms with E-state index in [9.17, 15) is 19.2 Å². The van der Waals surface area contributed by atoms with E-state index in [4.69, 9.17) is 5.11 Å². The maximum absolute atomic E-state index is 11.6. The molecule has 1 atom stereocenters. The summed E-state index contributed by atoms with van der Waals surface area (Å²) in [5.41, 5.74) is -1.90. The molecule has 4 N–H and O–H groups in total. The first kappa shape index (κ1) is 13.4. The van der Waals surface area contributed by atoms with Crippen molar-refractivity contribution in [2.24, 2.45) is 0 Å². The Kier molecular flexibility index (Phi) is 4.19. The molecule has 0 bridgehead atoms. The first-order valence-electron chi connectivity index (χ1n) is 4.92. The number of carbonyl (C=O) groups is 2. The largest absolute Gasteiger partial charge is 0.480 e. The fraction of sp³-hybridized carbons (Fsp3) is 0.200. The summed E-state index contributed by atoms with van der Waals surface area (Å²) in [5, 5.41) is 11.0. The molecule has 0 fully saturated rings. The average molecular weight is 253 g/mol. The molecule has 0 aromatic carbocycles. The van der Waals surface area contributed by atoms with Gasteiger partial charge in [-0.15, -0.1) is 6.58 Å². The number of aliphatic carboxylic acids is 1. The van der Waals surface area contributed by atoms with Crippen LogP contribution < -0.4 is 16.6 Å². The van der Waals surface area contributed by atoms with Gasteiger partial charge in [0, 0.05) is 6.07 Å². The summed E-state index contributed by atoms with van der Waals surface area (Å²) >= 11 is 0. The lowest BCUT2D eigenvalue weighted by molar-refractivity contribution is -0.139. The van der Waals surface area contributed by atoms with Crippen molar-refractivity contribution >= 4 is 11.9 Å². The molecule has 8 heteroatoms. The lowest BCUT2D eigenvalue weighted by Gasteiger charge is -2.11. The lowest BCUT2D eigenvalue weighted by Crippen LogP contribution is -2.41. The van der Waals surface area contributed by atoms with Gasteiger partial charge < -0.3 is 15.4 Å². The highest BCUT2D eigenvalue weighted by Gasteiger charge is 2.19. The van der Waals surface area contributed by atoms with E-state index < -0.39 is 29.2 Å². The Morgan fingerprint density at radius 1 is 1.44 bits per heavy atom. The van der Waals surface area contributed by atoms with Crippen molar-refractivity contribution < 1.29 is 14.7 Å². The molecule has 0 aliphatic carbocycles. The van der Waals surface area contributed by atoms with E-state index in [2.05, 4.69) is 16.9 Å². The molecule has 1 aromatic heterocycles. The second kappa shape index (κ2) is 5.62. The maximum Gasteiger partial charge on any atom is 0.326 e. The number of hydrogen-bond donors (Lipinski definition) is 4. The van der Waals surface area contributed by atoms with Crippen LogP contribution in [-0.2, 0) is 4.79 Å². The van der Waals surface area contributed by atoms with Gasteiger partial charge in [-0.2, -0.15) is 0 Å². The summed E-state index contributed by atoms with van der Waals surface area (Å²) in [4.78, 5) is 48.3. The van der Waals surface area contributed by atoms with Crippen molar-refractivity contribution in [3.8, 4) is 0 Å². The highest BCUT2D eigenvalue weighted by molar-refractivity contribution is 5.94. The highest BCUT2D eigenvalue weighted by Crippen LogP contribution is 1.95. The molecular formula is C10H11N3O5. The summed E-state index contributed by atoms with van der Waals surface area (Å²) < 4.78 is 0. The smallest absolute Gasteiger partial charge is 0.326 e. The quantitative estimate of drug-likeness (QED) is 0.490. The standard InChI is InChI=1S/C10H11N3O5/c1-2-3-5(9(16)17)11-8(15)6-4-7(14)13-10(18)12-6/h2,4-5H,1,3H2,(H,11,15)(H,16,17)(H2,12,13,14,18). The number of carbonyl (C=O) groups excluding carboxylic acids is 1. The van der Waals surface area contributed by atoms with Gasteiger partial charge in [0.25, 0.3) is 11.5 Å². The Morgan fingerprint density at radius 2 is 2.11 bits per heavy atom. The van der Waals surface area contributed by atoms with Crippen LogP contribution in [0.3, 0.4) is 0 Å². The van der Waals surface area contributed by atoms with Crippen LogP contribution in [0.4, 0.5) is 0 Å². The zero-order valence-electron chi connectivity index (χ0n) is 9.23. The number of amides is 1. The fourth-order valence-corrected chi connectivity index (χ4v) is 1.22. The first-order valence-corrected chi connectivity index (χ1v) is 4.92. The molecule has 1 heterocycles. The van der Waals surface area contributed by atoms with Crippen LogP contribution in [0.15, 0.2) is 28.3 Å². The molecule has 0 spiro atoms. The SMILES string of the molecule is C=CCC(NC(=O)c1cc(=O)[nH]c(=O)[nH]1)C(=O)O. The van der Waals surface area contributed by atoms with Crippen molar-refractivity contribution in [3.05, 3.63) is 45.3 Å². The summed E-state index contributed by atoms with van der Waals surface area (Å²) in [6, 6.07) is -0.304. The van der Waals surface area contributed by atoms with Gasteiger partial charge in [0.05, 0.1) is 0 Å². The minimum absolute atomic E-state index is 0.0223. The van der Waals surface area contributed by atoms with Crippen molar-refractivity contribution in [1.82, 2.24) is 15.3 Å². The van der Waals surface area contributed by atoms with E-state index in [-0.39, 0.29) is 12.1 Å². The van der Waals surface area contributed by atoms with Crippen LogP contribution in [0.1, 0.15) is 16.9 Å². The molecule has 0 saturated carbocycles. The molecule has 0 radical (unpaired) electrons. The van der Waals surface area contributed by atoms with Crippen LogP contribution in [0.25, 0.3) is 0 Å². The number of carboxylic acids is 1. The molecule has 96 valence electrons. The maximum atomic E-state index is 11.6. The number of aromatic amines is 2. The van der Waals surface area contributed by atoms with Crippen LogP contribution in [0.5, 0.6) is 0 Å². The lowest BCUT2D eigenvalue weighted by atomic mass is 10.2. The molecule has 8 nitrogen and oxygen atoms in total. The topological polar surface area (TPSA) is 132 Å². The third-order valence-electron chi connectivity index (χ3n) is 2.01. The molecule has 0 saturated heterocycles. The zero-order valence-corrected chi connectivity index (χ0v) is 9.23. The van der Waals surface area contributed by atoms with Gasteiger partial charge in [-0.3, -0.25) is 14.6 Å². The van der Waals surface area contributed by atoms with Crippen LogP contribution in [0.2, 0.25) is 0 Å². The fourth-order valence-electron chi connectivity index (χ4n) is 1.22.